The molecule has 4 nitrogen and oxygen atoms in total. The smallest absolute Gasteiger partial charge is 0.261 e. The van der Waals surface area contributed by atoms with E-state index in [1.54, 1.807) is 24.3 Å². The van der Waals surface area contributed by atoms with Crippen LogP contribution in [0.5, 0.6) is 11.5 Å². The number of ether oxygens (including phenoxy) is 2. The van der Waals surface area contributed by atoms with E-state index >= 15 is 0 Å². The second-order valence-electron chi connectivity index (χ2n) is 6.49. The summed E-state index contributed by atoms with van der Waals surface area (Å²) in [7, 11) is 0. The van der Waals surface area contributed by atoms with Crippen LogP contribution < -0.4 is 9.47 Å². The van der Waals surface area contributed by atoms with Crippen LogP contribution in [0.2, 0.25) is 0 Å². The molecule has 0 radical (unpaired) electrons. The van der Waals surface area contributed by atoms with Crippen molar-refractivity contribution in [2.24, 2.45) is 0 Å². The number of hydrogen-bond donors (Lipinski definition) is 0. The summed E-state index contributed by atoms with van der Waals surface area (Å²) in [4.78, 5) is 14.4. The maximum atomic E-state index is 13.0. The van der Waals surface area contributed by atoms with Crippen LogP contribution >= 0.6 is 0 Å². The summed E-state index contributed by atoms with van der Waals surface area (Å²) in [6.45, 7) is 3.21. The van der Waals surface area contributed by atoms with Gasteiger partial charge in [0.25, 0.3) is 5.91 Å². The van der Waals surface area contributed by atoms with E-state index in [1.807, 2.05) is 17.0 Å². The molecule has 0 saturated heterocycles. The molecule has 1 saturated carbocycles. The fourth-order valence-electron chi connectivity index (χ4n) is 2.67. The van der Waals surface area contributed by atoms with Crippen molar-refractivity contribution in [1.82, 2.24) is 4.90 Å². The van der Waals surface area contributed by atoms with Crippen molar-refractivity contribution < 1.29 is 18.7 Å². The number of halogens is 1. The van der Waals surface area contributed by atoms with E-state index in [0.717, 1.165) is 30.6 Å². The van der Waals surface area contributed by atoms with E-state index in [4.69, 9.17) is 9.47 Å². The van der Waals surface area contributed by atoms with Gasteiger partial charge in [0.15, 0.2) is 6.61 Å². The first kappa shape index (κ1) is 18.2. The average molecular weight is 357 g/mol. The van der Waals surface area contributed by atoms with Gasteiger partial charge in [0.1, 0.15) is 17.3 Å². The summed E-state index contributed by atoms with van der Waals surface area (Å²) in [5.74, 6) is 1.11. The van der Waals surface area contributed by atoms with Crippen LogP contribution in [0.3, 0.4) is 0 Å². The van der Waals surface area contributed by atoms with Gasteiger partial charge in [-0.05, 0) is 61.2 Å². The van der Waals surface area contributed by atoms with Crippen molar-refractivity contribution in [2.75, 3.05) is 13.2 Å². The highest BCUT2D eigenvalue weighted by molar-refractivity contribution is 5.78. The molecule has 2 aromatic rings. The van der Waals surface area contributed by atoms with E-state index in [1.165, 1.54) is 12.1 Å². The van der Waals surface area contributed by atoms with Crippen molar-refractivity contribution in [1.29, 1.82) is 0 Å². The largest absolute Gasteiger partial charge is 0.494 e. The second kappa shape index (κ2) is 8.70. The Morgan fingerprint density at radius 1 is 1.04 bits per heavy atom. The molecule has 1 fully saturated rings. The van der Waals surface area contributed by atoms with Crippen LogP contribution in [0.4, 0.5) is 4.39 Å². The van der Waals surface area contributed by atoms with Crippen LogP contribution in [-0.4, -0.2) is 30.1 Å². The molecule has 2 aromatic carbocycles. The van der Waals surface area contributed by atoms with Gasteiger partial charge in [0, 0.05) is 12.6 Å². The molecule has 0 aromatic heterocycles. The Morgan fingerprint density at radius 2 is 1.65 bits per heavy atom. The zero-order valence-corrected chi connectivity index (χ0v) is 15.0. The van der Waals surface area contributed by atoms with Crippen LogP contribution in [0, 0.1) is 5.82 Å². The molecule has 0 unspecified atom stereocenters. The maximum absolute atomic E-state index is 13.0. The van der Waals surface area contributed by atoms with Crippen molar-refractivity contribution in [3.63, 3.8) is 0 Å². The molecular weight excluding hydrogens is 333 g/mol. The van der Waals surface area contributed by atoms with E-state index < -0.39 is 0 Å². The lowest BCUT2D eigenvalue weighted by Crippen LogP contribution is -2.36. The minimum absolute atomic E-state index is 0.00708. The summed E-state index contributed by atoms with van der Waals surface area (Å²) in [6.07, 6.45) is 2.98. The summed E-state index contributed by atoms with van der Waals surface area (Å²) < 4.78 is 24.2. The van der Waals surface area contributed by atoms with E-state index in [2.05, 4.69) is 6.92 Å². The molecule has 0 atom stereocenters. The van der Waals surface area contributed by atoms with Gasteiger partial charge < -0.3 is 14.4 Å². The van der Waals surface area contributed by atoms with Gasteiger partial charge in [-0.1, -0.05) is 19.1 Å². The monoisotopic (exact) mass is 357 g/mol. The van der Waals surface area contributed by atoms with Gasteiger partial charge in [-0.25, -0.2) is 4.39 Å². The van der Waals surface area contributed by atoms with Gasteiger partial charge in [-0.15, -0.1) is 0 Å². The predicted octanol–water partition coefficient (Wildman–Crippen LogP) is 4.18. The van der Waals surface area contributed by atoms with Crippen LogP contribution in [0.15, 0.2) is 48.5 Å². The number of benzene rings is 2. The maximum Gasteiger partial charge on any atom is 0.261 e. The van der Waals surface area contributed by atoms with Gasteiger partial charge in [0.2, 0.25) is 0 Å². The van der Waals surface area contributed by atoms with Crippen LogP contribution in [0.25, 0.3) is 0 Å². The molecule has 0 spiro atoms. The standard InChI is InChI=1S/C21H24FNO3/c1-2-13-25-19-9-11-20(12-10-19)26-15-21(24)23(18-7-8-18)14-16-3-5-17(22)6-4-16/h3-6,9-12,18H,2,7-8,13-15H2,1H3. The SMILES string of the molecule is CCCOc1ccc(OCC(=O)N(Cc2ccc(F)cc2)C2CC2)cc1. The lowest BCUT2D eigenvalue weighted by molar-refractivity contribution is -0.134. The molecule has 3 rings (SSSR count). The predicted molar refractivity (Wildman–Crippen MR) is 97.7 cm³/mol. The quantitative estimate of drug-likeness (QED) is 0.676. The average Bonchev–Trinajstić information content (AvgIpc) is 3.50. The third-order valence-electron chi connectivity index (χ3n) is 4.23. The zero-order chi connectivity index (χ0) is 18.4. The topological polar surface area (TPSA) is 38.8 Å². The lowest BCUT2D eigenvalue weighted by Gasteiger charge is -2.22. The number of nitrogens with zero attached hydrogens (tertiary/aromatic N) is 1. The normalized spacial score (nSPS) is 13.3. The molecule has 1 aliphatic carbocycles. The van der Waals surface area contributed by atoms with E-state index in [0.29, 0.717) is 18.9 Å². The molecule has 0 bridgehead atoms. The van der Waals surface area contributed by atoms with Crippen molar-refractivity contribution in [3.8, 4) is 11.5 Å². The lowest BCUT2D eigenvalue weighted by atomic mass is 10.2. The number of rotatable bonds is 9. The van der Waals surface area contributed by atoms with Gasteiger partial charge in [-0.2, -0.15) is 0 Å². The van der Waals surface area contributed by atoms with E-state index in [-0.39, 0.29) is 24.4 Å². The van der Waals surface area contributed by atoms with Gasteiger partial charge >= 0.3 is 0 Å². The molecule has 0 aliphatic heterocycles. The fraction of sp³-hybridized carbons (Fsp3) is 0.381. The molecule has 138 valence electrons. The van der Waals surface area contributed by atoms with Crippen LogP contribution in [0.1, 0.15) is 31.7 Å². The highest BCUT2D eigenvalue weighted by atomic mass is 19.1. The molecule has 0 heterocycles. The first-order valence-corrected chi connectivity index (χ1v) is 9.05. The Hall–Kier alpha value is -2.56. The Kier molecular flexibility index (Phi) is 6.10. The van der Waals surface area contributed by atoms with Gasteiger partial charge in [0.05, 0.1) is 6.61 Å². The summed E-state index contributed by atoms with van der Waals surface area (Å²) in [5, 5.41) is 0. The third-order valence-corrected chi connectivity index (χ3v) is 4.23. The van der Waals surface area contributed by atoms with Crippen molar-refractivity contribution >= 4 is 5.91 Å². The van der Waals surface area contributed by atoms with Crippen LogP contribution in [-0.2, 0) is 11.3 Å². The first-order valence-electron chi connectivity index (χ1n) is 9.05. The third kappa shape index (κ3) is 5.22. The number of amides is 1. The highest BCUT2D eigenvalue weighted by Crippen LogP contribution is 2.28. The zero-order valence-electron chi connectivity index (χ0n) is 15.0. The first-order chi connectivity index (χ1) is 12.7. The number of carbonyl (C=O) groups is 1. The Labute approximate surface area is 153 Å². The molecule has 0 N–H and O–H groups in total. The second-order valence-corrected chi connectivity index (χ2v) is 6.49. The molecule has 1 amide bonds. The highest BCUT2D eigenvalue weighted by Gasteiger charge is 2.32. The van der Waals surface area contributed by atoms with Crippen molar-refractivity contribution in [2.45, 2.75) is 38.8 Å². The summed E-state index contributed by atoms with van der Waals surface area (Å²) in [5.41, 5.74) is 0.920. The van der Waals surface area contributed by atoms with E-state index in [9.17, 15) is 9.18 Å². The minimum Gasteiger partial charge on any atom is -0.494 e. The summed E-state index contributed by atoms with van der Waals surface area (Å²) in [6, 6.07) is 13.8. The molecular formula is C21H24FNO3. The molecule has 1 aliphatic rings. The minimum atomic E-state index is -0.271. The fourth-order valence-corrected chi connectivity index (χ4v) is 2.67. The number of hydrogen-bond acceptors (Lipinski definition) is 3. The van der Waals surface area contributed by atoms with Gasteiger partial charge in [-0.3, -0.25) is 4.79 Å². The molecule has 26 heavy (non-hydrogen) atoms. The Balaban J connectivity index is 1.54. The Bertz CT molecular complexity index is 711. The number of carbonyl (C=O) groups excluding carboxylic acids is 1. The summed E-state index contributed by atoms with van der Waals surface area (Å²) >= 11 is 0. The molecule has 5 heteroatoms. The van der Waals surface area contributed by atoms with Crippen molar-refractivity contribution in [3.05, 3.63) is 59.9 Å². The Morgan fingerprint density at radius 3 is 2.23 bits per heavy atom.